The first-order valence-electron chi connectivity index (χ1n) is 17.5. The van der Waals surface area contributed by atoms with E-state index in [1.54, 1.807) is 0 Å². The third-order valence-electron chi connectivity index (χ3n) is 13.0. The zero-order chi connectivity index (χ0) is 41.1. The summed E-state index contributed by atoms with van der Waals surface area (Å²) in [5.41, 5.74) is -18.4. The van der Waals surface area contributed by atoms with Crippen LogP contribution in [0.25, 0.3) is 0 Å². The van der Waals surface area contributed by atoms with E-state index in [2.05, 4.69) is 0 Å². The monoisotopic (exact) mass is 776 g/mol. The lowest BCUT2D eigenvalue weighted by Crippen LogP contribution is -2.94. The molecule has 55 heavy (non-hydrogen) atoms. The molecule has 4 fully saturated rings. The summed E-state index contributed by atoms with van der Waals surface area (Å²) in [6, 6.07) is 1.44. The number of hydrogen-bond acceptors (Lipinski definition) is 18. The first-order chi connectivity index (χ1) is 25.4. The van der Waals surface area contributed by atoms with Gasteiger partial charge in [0.2, 0.25) is 11.7 Å². The molecule has 5 aliphatic rings. The third-order valence-corrected chi connectivity index (χ3v) is 13.0. The first-order valence-corrected chi connectivity index (χ1v) is 17.5. The van der Waals surface area contributed by atoms with Gasteiger partial charge in [-0.05, 0) is 25.0 Å². The maximum atomic E-state index is 13.9. The molecule has 0 unspecified atom stereocenters. The quantitative estimate of drug-likeness (QED) is 0.242. The minimum atomic E-state index is -3.21. The summed E-state index contributed by atoms with van der Waals surface area (Å²) < 4.78 is 45.5. The molecule has 4 aliphatic carbocycles. The SMILES string of the molecule is COC(=O)[C@H](OC(C)=O)[C@H]1[C@@]2(C)C[C@@]3(O)[C@@](OC(C)=O)([C@@H](OC(C)=O)[C@]4(O)C5=CC(=O)O[C@@H](c6ccoc6)[C@]5(C)[C@@H](OC(C)=O)C[C@]4(O)[C@]13C)[C@H]2OC(C)=O. The number of esters is 7. The first kappa shape index (κ1) is 39.9. The molecular weight excluding hydrogens is 732 g/mol. The van der Waals surface area contributed by atoms with E-state index < -0.39 is 135 Å². The lowest BCUT2D eigenvalue weighted by atomic mass is 9.34. The van der Waals surface area contributed by atoms with Gasteiger partial charge < -0.3 is 52.9 Å². The lowest BCUT2D eigenvalue weighted by molar-refractivity contribution is -0.421. The van der Waals surface area contributed by atoms with E-state index in [4.69, 9.17) is 37.6 Å². The molecule has 0 saturated heterocycles. The Morgan fingerprint density at radius 1 is 0.836 bits per heavy atom. The van der Waals surface area contributed by atoms with Crippen LogP contribution in [0.2, 0.25) is 0 Å². The van der Waals surface area contributed by atoms with Gasteiger partial charge in [-0.25, -0.2) is 9.59 Å². The number of carbonyl (C=O) groups is 7. The Morgan fingerprint density at radius 2 is 1.44 bits per heavy atom. The van der Waals surface area contributed by atoms with Crippen LogP contribution in [0.4, 0.5) is 0 Å². The molecule has 0 amide bonds. The standard InChI is InChI=1S/C37H44O18/c1-16(38)50-23-13-34(45)33(8)26(25(28(44)48-9)51-17(2)39)31(6)15-35(33,46)37(55-20(5)42,29(31)52-18(3)40)30(53-19(4)41)36(34,47)22-12-24(43)54-27(32(22,23)7)21-10-11-49-14-21/h10-12,14,23,25-27,29-30,45-47H,13,15H2,1-9H3/t23-,25+,26-,27-,29-,30-,31+,32-,33-,34-,35-,36+,37-/m0/s1. The Bertz CT molecular complexity index is 1900. The van der Waals surface area contributed by atoms with Crippen molar-refractivity contribution in [1.82, 2.24) is 0 Å². The van der Waals surface area contributed by atoms with Gasteiger partial charge in [-0.3, -0.25) is 24.0 Å². The van der Waals surface area contributed by atoms with E-state index in [0.29, 0.717) is 0 Å². The number of cyclic esters (lactones) is 1. The molecule has 2 bridgehead atoms. The zero-order valence-corrected chi connectivity index (χ0v) is 31.7. The van der Waals surface area contributed by atoms with Crippen molar-refractivity contribution < 1.29 is 86.5 Å². The predicted molar refractivity (Wildman–Crippen MR) is 176 cm³/mol. The van der Waals surface area contributed by atoms with Gasteiger partial charge in [0.1, 0.15) is 23.4 Å². The Labute approximate surface area is 314 Å². The molecule has 3 N–H and O–H groups in total. The Morgan fingerprint density at radius 3 is 1.95 bits per heavy atom. The number of methoxy groups -OCH3 is 1. The number of hydrogen-bond donors (Lipinski definition) is 3. The second-order valence-corrected chi connectivity index (χ2v) is 15.8. The summed E-state index contributed by atoms with van der Waals surface area (Å²) in [6.07, 6.45) is -7.57. The van der Waals surface area contributed by atoms with Crippen LogP contribution < -0.4 is 0 Å². The predicted octanol–water partition coefficient (Wildman–Crippen LogP) is 0.669. The maximum absolute atomic E-state index is 13.9. The molecular formula is C37H44O18. The summed E-state index contributed by atoms with van der Waals surface area (Å²) in [4.78, 5) is 92.8. The van der Waals surface area contributed by atoms with Crippen molar-refractivity contribution in [2.75, 3.05) is 7.11 Å². The van der Waals surface area contributed by atoms with Gasteiger partial charge in [0.15, 0.2) is 17.8 Å². The molecule has 13 atom stereocenters. The average Bonchev–Trinajstić information content (AvgIpc) is 3.71. The molecule has 0 spiro atoms. The van der Waals surface area contributed by atoms with Crippen LogP contribution in [0.5, 0.6) is 0 Å². The molecule has 0 radical (unpaired) electrons. The number of fused-ring (bicyclic) bond motifs is 5. The molecule has 18 heteroatoms. The van der Waals surface area contributed by atoms with Crippen LogP contribution in [0.15, 0.2) is 34.7 Å². The van der Waals surface area contributed by atoms with E-state index >= 15 is 0 Å². The van der Waals surface area contributed by atoms with Gasteiger partial charge in [0.05, 0.1) is 25.1 Å². The highest BCUT2D eigenvalue weighted by Crippen LogP contribution is 2.84. The normalized spacial score (nSPS) is 42.7. The summed E-state index contributed by atoms with van der Waals surface area (Å²) in [6.45, 7) is 8.98. The van der Waals surface area contributed by atoms with Gasteiger partial charge in [0.25, 0.3) is 0 Å². The highest BCUT2D eigenvalue weighted by Gasteiger charge is 3.00. The highest BCUT2D eigenvalue weighted by molar-refractivity contribution is 5.86. The van der Waals surface area contributed by atoms with Crippen molar-refractivity contribution in [2.45, 2.75) is 121 Å². The van der Waals surface area contributed by atoms with E-state index in [9.17, 15) is 48.9 Å². The van der Waals surface area contributed by atoms with Crippen molar-refractivity contribution in [3.8, 4) is 0 Å². The molecule has 1 aliphatic heterocycles. The summed E-state index contributed by atoms with van der Waals surface area (Å²) >= 11 is 0. The van der Waals surface area contributed by atoms with Crippen LogP contribution >= 0.6 is 0 Å². The van der Waals surface area contributed by atoms with E-state index in [0.717, 1.165) is 47.8 Å². The molecule has 0 aromatic carbocycles. The lowest BCUT2D eigenvalue weighted by Gasteiger charge is -2.76. The van der Waals surface area contributed by atoms with Gasteiger partial charge in [-0.1, -0.05) is 13.8 Å². The molecule has 2 heterocycles. The second kappa shape index (κ2) is 12.3. The molecule has 300 valence electrons. The number of furan rings is 1. The Hall–Kier alpha value is -4.81. The fraction of sp³-hybridized carbons (Fsp3) is 0.649. The van der Waals surface area contributed by atoms with Crippen molar-refractivity contribution in [1.29, 1.82) is 0 Å². The van der Waals surface area contributed by atoms with Gasteiger partial charge in [-0.2, -0.15) is 0 Å². The Kier molecular flexibility index (Phi) is 8.95. The van der Waals surface area contributed by atoms with Crippen molar-refractivity contribution in [3.05, 3.63) is 35.8 Å². The second-order valence-electron chi connectivity index (χ2n) is 15.8. The number of aliphatic hydroxyl groups is 3. The smallest absolute Gasteiger partial charge is 0.347 e. The van der Waals surface area contributed by atoms with E-state index in [-0.39, 0.29) is 5.56 Å². The summed E-state index contributed by atoms with van der Waals surface area (Å²) in [5, 5.41) is 41.2. The summed E-state index contributed by atoms with van der Waals surface area (Å²) in [5.74, 6) is -9.21. The molecule has 6 rings (SSSR count). The molecule has 1 aromatic heterocycles. The fourth-order valence-corrected chi connectivity index (χ4v) is 11.5. The highest BCUT2D eigenvalue weighted by atomic mass is 16.6. The minimum Gasteiger partial charge on any atom is -0.472 e. The topological polar surface area (TPSA) is 258 Å². The van der Waals surface area contributed by atoms with E-state index in [1.165, 1.54) is 39.4 Å². The fourth-order valence-electron chi connectivity index (χ4n) is 11.5. The zero-order valence-electron chi connectivity index (χ0n) is 31.7. The number of ether oxygens (including phenoxy) is 7. The van der Waals surface area contributed by atoms with Crippen molar-refractivity contribution in [2.24, 2.45) is 22.2 Å². The summed E-state index contributed by atoms with van der Waals surface area (Å²) in [7, 11) is 0.984. The largest absolute Gasteiger partial charge is 0.472 e. The van der Waals surface area contributed by atoms with Crippen LogP contribution in [-0.4, -0.2) is 111 Å². The third kappa shape index (κ3) is 4.73. The van der Waals surface area contributed by atoms with Crippen LogP contribution in [0, 0.1) is 22.2 Å². The van der Waals surface area contributed by atoms with Crippen molar-refractivity contribution >= 4 is 41.8 Å². The Balaban J connectivity index is 1.83. The van der Waals surface area contributed by atoms with E-state index in [1.807, 2.05) is 0 Å². The molecule has 1 aromatic rings. The molecule has 4 saturated carbocycles. The van der Waals surface area contributed by atoms with Crippen molar-refractivity contribution in [3.63, 3.8) is 0 Å². The van der Waals surface area contributed by atoms with Crippen LogP contribution in [0.3, 0.4) is 0 Å². The van der Waals surface area contributed by atoms with Crippen LogP contribution in [-0.2, 0) is 66.7 Å². The maximum Gasteiger partial charge on any atom is 0.347 e. The minimum absolute atomic E-state index is 0.207. The number of rotatable bonds is 8. The van der Waals surface area contributed by atoms with Crippen LogP contribution in [0.1, 0.15) is 79.9 Å². The molecule has 18 nitrogen and oxygen atoms in total. The van der Waals surface area contributed by atoms with Gasteiger partial charge >= 0.3 is 41.8 Å². The van der Waals surface area contributed by atoms with Gasteiger partial charge in [0, 0.05) is 69.4 Å². The average molecular weight is 777 g/mol. The van der Waals surface area contributed by atoms with Gasteiger partial charge in [-0.15, -0.1) is 0 Å². The number of carbonyl (C=O) groups excluding carboxylic acids is 7.